The summed E-state index contributed by atoms with van der Waals surface area (Å²) in [6, 6.07) is 1.54. The molecule has 0 aliphatic rings. The first kappa shape index (κ1) is 13.0. The number of nitrogens with zero attached hydrogens (tertiary/aromatic N) is 1. The molecule has 0 aromatic carbocycles. The van der Waals surface area contributed by atoms with E-state index in [2.05, 4.69) is 26.2 Å². The van der Waals surface area contributed by atoms with E-state index in [0.717, 1.165) is 0 Å². The molecule has 0 radical (unpaired) electrons. The van der Waals surface area contributed by atoms with Crippen molar-refractivity contribution < 1.29 is 9.90 Å². The highest BCUT2D eigenvalue weighted by atomic mass is 79.9. The molecule has 4 nitrogen and oxygen atoms in total. The highest BCUT2D eigenvalue weighted by Gasteiger charge is 2.17. The van der Waals surface area contributed by atoms with Crippen LogP contribution in [0.4, 0.5) is 0 Å². The molecule has 1 amide bonds. The zero-order valence-corrected chi connectivity index (χ0v) is 10.9. The van der Waals surface area contributed by atoms with Crippen molar-refractivity contribution in [2.45, 2.75) is 19.9 Å². The molecule has 1 aromatic rings. The highest BCUT2D eigenvalue weighted by Crippen LogP contribution is 2.14. The van der Waals surface area contributed by atoms with Gasteiger partial charge in [-0.05, 0) is 12.0 Å². The van der Waals surface area contributed by atoms with Gasteiger partial charge in [0.15, 0.2) is 0 Å². The number of halogens is 1. The predicted octanol–water partition coefficient (Wildman–Crippen LogP) is 1.94. The Morgan fingerprint density at radius 3 is 2.81 bits per heavy atom. The molecule has 2 N–H and O–H groups in total. The Balaban J connectivity index is 2.76. The summed E-state index contributed by atoms with van der Waals surface area (Å²) < 4.78 is 0. The van der Waals surface area contributed by atoms with Gasteiger partial charge in [-0.25, -0.2) is 0 Å². The van der Waals surface area contributed by atoms with Gasteiger partial charge < -0.3 is 10.4 Å². The van der Waals surface area contributed by atoms with Gasteiger partial charge in [-0.15, -0.1) is 0 Å². The van der Waals surface area contributed by atoms with Crippen molar-refractivity contribution in [2.75, 3.05) is 5.33 Å². The van der Waals surface area contributed by atoms with Crippen LogP contribution in [0.25, 0.3) is 0 Å². The standard InChI is InChI=1S/C11H15BrN2O2/c1-7(2)9(5-12)14-11(16)8-3-4-13-6-10(8)15/h3-4,6-7,9,15H,5H2,1-2H3,(H,14,16). The van der Waals surface area contributed by atoms with Crippen LogP contribution in [0.1, 0.15) is 24.2 Å². The third-order valence-corrected chi connectivity index (χ3v) is 3.03. The lowest BCUT2D eigenvalue weighted by Gasteiger charge is -2.20. The van der Waals surface area contributed by atoms with Crippen molar-refractivity contribution in [3.05, 3.63) is 24.0 Å². The predicted molar refractivity (Wildman–Crippen MR) is 65.8 cm³/mol. The number of hydrogen-bond acceptors (Lipinski definition) is 3. The van der Waals surface area contributed by atoms with Crippen LogP contribution in [0.15, 0.2) is 18.5 Å². The van der Waals surface area contributed by atoms with Gasteiger partial charge in [0.05, 0.1) is 11.8 Å². The average Bonchev–Trinajstić information content (AvgIpc) is 2.25. The van der Waals surface area contributed by atoms with Gasteiger partial charge in [-0.1, -0.05) is 29.8 Å². The van der Waals surface area contributed by atoms with Crippen LogP contribution in [-0.2, 0) is 0 Å². The zero-order chi connectivity index (χ0) is 12.1. The molecule has 0 fully saturated rings. The average molecular weight is 287 g/mol. The summed E-state index contributed by atoms with van der Waals surface area (Å²) >= 11 is 3.35. The number of alkyl halides is 1. The van der Waals surface area contributed by atoms with Crippen molar-refractivity contribution in [1.29, 1.82) is 0 Å². The van der Waals surface area contributed by atoms with E-state index in [-0.39, 0.29) is 23.3 Å². The van der Waals surface area contributed by atoms with Crippen LogP contribution in [0.3, 0.4) is 0 Å². The van der Waals surface area contributed by atoms with Gasteiger partial charge >= 0.3 is 0 Å². The fraction of sp³-hybridized carbons (Fsp3) is 0.455. The molecule has 1 heterocycles. The third-order valence-electron chi connectivity index (χ3n) is 2.33. The van der Waals surface area contributed by atoms with Gasteiger partial charge in [0, 0.05) is 17.6 Å². The summed E-state index contributed by atoms with van der Waals surface area (Å²) in [4.78, 5) is 15.5. The van der Waals surface area contributed by atoms with Crippen molar-refractivity contribution in [1.82, 2.24) is 10.3 Å². The quantitative estimate of drug-likeness (QED) is 0.832. The largest absolute Gasteiger partial charge is 0.505 e. The minimum Gasteiger partial charge on any atom is -0.505 e. The number of aromatic nitrogens is 1. The number of rotatable bonds is 4. The number of carbonyl (C=O) groups is 1. The van der Waals surface area contributed by atoms with Crippen LogP contribution in [0.2, 0.25) is 0 Å². The molecule has 0 aliphatic heterocycles. The zero-order valence-electron chi connectivity index (χ0n) is 9.27. The summed E-state index contributed by atoms with van der Waals surface area (Å²) in [5.74, 6) is -0.0533. The Hall–Kier alpha value is -1.10. The molecule has 0 spiro atoms. The number of pyridine rings is 1. The van der Waals surface area contributed by atoms with Crippen molar-refractivity contribution in [3.63, 3.8) is 0 Å². The SMILES string of the molecule is CC(C)C(CBr)NC(=O)c1ccncc1O. The van der Waals surface area contributed by atoms with Crippen molar-refractivity contribution in [2.24, 2.45) is 5.92 Å². The summed E-state index contributed by atoms with van der Waals surface area (Å²) in [6.45, 7) is 4.05. The van der Waals surface area contributed by atoms with E-state index in [0.29, 0.717) is 11.2 Å². The van der Waals surface area contributed by atoms with Crippen LogP contribution in [0, 0.1) is 5.92 Å². The maximum Gasteiger partial charge on any atom is 0.255 e. The lowest BCUT2D eigenvalue weighted by Crippen LogP contribution is -2.39. The first-order valence-corrected chi connectivity index (χ1v) is 6.18. The minimum atomic E-state index is -0.280. The van der Waals surface area contributed by atoms with E-state index in [1.54, 1.807) is 0 Å². The summed E-state index contributed by atoms with van der Waals surface area (Å²) in [5.41, 5.74) is 0.251. The van der Waals surface area contributed by atoms with E-state index in [1.165, 1.54) is 18.5 Å². The second kappa shape index (κ2) is 5.84. The molecule has 88 valence electrons. The Kier molecular flexibility index (Phi) is 4.73. The molecular weight excluding hydrogens is 272 g/mol. The molecule has 0 saturated heterocycles. The molecule has 1 unspecified atom stereocenters. The van der Waals surface area contributed by atoms with Crippen LogP contribution >= 0.6 is 15.9 Å². The topological polar surface area (TPSA) is 62.2 Å². The lowest BCUT2D eigenvalue weighted by molar-refractivity contribution is 0.0929. The molecule has 0 bridgehead atoms. The van der Waals surface area contributed by atoms with E-state index in [9.17, 15) is 9.90 Å². The number of aromatic hydroxyl groups is 1. The van der Waals surface area contributed by atoms with Gasteiger partial charge in [0.1, 0.15) is 5.75 Å². The summed E-state index contributed by atoms with van der Waals surface area (Å²) in [5, 5.41) is 13.0. The molecular formula is C11H15BrN2O2. The van der Waals surface area contributed by atoms with E-state index >= 15 is 0 Å². The fourth-order valence-electron chi connectivity index (χ4n) is 1.21. The Bertz CT molecular complexity index is 369. The molecule has 5 heteroatoms. The fourth-order valence-corrected chi connectivity index (χ4v) is 2.12. The van der Waals surface area contributed by atoms with Gasteiger partial charge in [0.2, 0.25) is 0 Å². The molecule has 16 heavy (non-hydrogen) atoms. The normalized spacial score (nSPS) is 12.5. The first-order chi connectivity index (χ1) is 7.56. The Labute approximate surface area is 103 Å². The third kappa shape index (κ3) is 3.20. The summed E-state index contributed by atoms with van der Waals surface area (Å²) in [7, 11) is 0. The van der Waals surface area contributed by atoms with E-state index in [1.807, 2.05) is 13.8 Å². The minimum absolute atomic E-state index is 0.0417. The number of amides is 1. The smallest absolute Gasteiger partial charge is 0.255 e. The number of nitrogens with one attached hydrogen (secondary N) is 1. The van der Waals surface area contributed by atoms with Crippen molar-refractivity contribution in [3.8, 4) is 5.75 Å². The van der Waals surface area contributed by atoms with Crippen molar-refractivity contribution >= 4 is 21.8 Å². The molecule has 0 aliphatic carbocycles. The maximum absolute atomic E-state index is 11.8. The molecule has 1 atom stereocenters. The molecule has 1 rings (SSSR count). The monoisotopic (exact) mass is 286 g/mol. The lowest BCUT2D eigenvalue weighted by atomic mass is 10.1. The maximum atomic E-state index is 11.8. The van der Waals surface area contributed by atoms with Crippen LogP contribution in [0.5, 0.6) is 5.75 Å². The second-order valence-corrected chi connectivity index (χ2v) is 4.52. The van der Waals surface area contributed by atoms with Crippen LogP contribution in [-0.4, -0.2) is 27.4 Å². The summed E-state index contributed by atoms with van der Waals surface area (Å²) in [6.07, 6.45) is 2.74. The molecule has 1 aromatic heterocycles. The van der Waals surface area contributed by atoms with Gasteiger partial charge in [-0.3, -0.25) is 9.78 Å². The Morgan fingerprint density at radius 2 is 2.31 bits per heavy atom. The number of hydrogen-bond donors (Lipinski definition) is 2. The van der Waals surface area contributed by atoms with E-state index < -0.39 is 0 Å². The van der Waals surface area contributed by atoms with Gasteiger partial charge in [-0.2, -0.15) is 0 Å². The molecule has 0 saturated carbocycles. The van der Waals surface area contributed by atoms with Crippen LogP contribution < -0.4 is 5.32 Å². The first-order valence-electron chi connectivity index (χ1n) is 5.06. The second-order valence-electron chi connectivity index (χ2n) is 3.87. The van der Waals surface area contributed by atoms with E-state index in [4.69, 9.17) is 0 Å². The highest BCUT2D eigenvalue weighted by molar-refractivity contribution is 9.09. The Morgan fingerprint density at radius 1 is 1.62 bits per heavy atom. The van der Waals surface area contributed by atoms with Gasteiger partial charge in [0.25, 0.3) is 5.91 Å². The number of carbonyl (C=O) groups excluding carboxylic acids is 1.